The van der Waals surface area contributed by atoms with Crippen LogP contribution in [0.3, 0.4) is 0 Å². The molecular weight excluding hydrogens is 180 g/mol. The van der Waals surface area contributed by atoms with Crippen LogP contribution in [-0.2, 0) is 4.79 Å². The summed E-state index contributed by atoms with van der Waals surface area (Å²) < 4.78 is 1.08. The Balaban J connectivity index is 2.77. The number of carbonyl (C=O) groups is 1. The van der Waals surface area contributed by atoms with Crippen molar-refractivity contribution in [2.45, 2.75) is 12.8 Å². The largest absolute Gasteiger partial charge is 0.294 e. The van der Waals surface area contributed by atoms with E-state index in [2.05, 4.69) is 22.5 Å². The van der Waals surface area contributed by atoms with Gasteiger partial charge in [0.25, 0.3) is 0 Å². The predicted molar refractivity (Wildman–Crippen MR) is 40.4 cm³/mol. The van der Waals surface area contributed by atoms with Crippen molar-refractivity contribution >= 4 is 21.7 Å². The number of allylic oxidation sites excluding steroid dienone is 3. The van der Waals surface area contributed by atoms with E-state index in [1.165, 1.54) is 0 Å². The second kappa shape index (κ2) is 2.48. The highest BCUT2D eigenvalue weighted by atomic mass is 79.9. The zero-order valence-corrected chi connectivity index (χ0v) is 6.57. The molecule has 1 aliphatic rings. The van der Waals surface area contributed by atoms with Crippen LogP contribution in [-0.4, -0.2) is 5.78 Å². The first-order valence-corrected chi connectivity index (χ1v) is 3.55. The van der Waals surface area contributed by atoms with Gasteiger partial charge in [-0.1, -0.05) is 28.6 Å². The highest BCUT2D eigenvalue weighted by molar-refractivity contribution is 9.11. The zero-order valence-electron chi connectivity index (χ0n) is 4.98. The van der Waals surface area contributed by atoms with Gasteiger partial charge in [0.2, 0.25) is 0 Å². The molecular formula is C7H7BrO. The predicted octanol–water partition coefficient (Wildman–Crippen LogP) is 2.18. The van der Waals surface area contributed by atoms with E-state index in [0.717, 1.165) is 4.48 Å². The van der Waals surface area contributed by atoms with Crippen molar-refractivity contribution in [1.29, 1.82) is 0 Å². The van der Waals surface area contributed by atoms with Crippen molar-refractivity contribution < 1.29 is 4.79 Å². The summed E-state index contributed by atoms with van der Waals surface area (Å²) in [5.74, 6) is 0.165. The summed E-state index contributed by atoms with van der Waals surface area (Å²) >= 11 is 3.30. The molecule has 1 aliphatic carbocycles. The number of ketones is 1. The van der Waals surface area contributed by atoms with Gasteiger partial charge < -0.3 is 0 Å². The van der Waals surface area contributed by atoms with E-state index in [-0.39, 0.29) is 5.78 Å². The van der Waals surface area contributed by atoms with Gasteiger partial charge in [-0.15, -0.1) is 0 Å². The Labute approximate surface area is 62.6 Å². The Kier molecular flexibility index (Phi) is 1.86. The highest BCUT2D eigenvalue weighted by Crippen LogP contribution is 2.22. The number of rotatable bonds is 0. The molecule has 0 saturated carbocycles. The summed E-state index contributed by atoms with van der Waals surface area (Å²) in [5.41, 5.74) is 0.712. The van der Waals surface area contributed by atoms with Crippen molar-refractivity contribution in [3.8, 4) is 0 Å². The van der Waals surface area contributed by atoms with E-state index < -0.39 is 0 Å². The van der Waals surface area contributed by atoms with Gasteiger partial charge in [0.1, 0.15) is 0 Å². The van der Waals surface area contributed by atoms with Crippen LogP contribution in [0.5, 0.6) is 0 Å². The monoisotopic (exact) mass is 186 g/mol. The van der Waals surface area contributed by atoms with Crippen LogP contribution in [0.1, 0.15) is 12.8 Å². The molecule has 0 bridgehead atoms. The first-order valence-electron chi connectivity index (χ1n) is 2.75. The number of Topliss-reactive ketones (excluding diaryl/α,β-unsaturated/α-hetero) is 1. The van der Waals surface area contributed by atoms with Gasteiger partial charge in [-0.05, 0) is 10.1 Å². The molecule has 1 rings (SSSR count). The molecule has 0 amide bonds. The third-order valence-electron chi connectivity index (χ3n) is 1.29. The number of hydrogen-bond acceptors (Lipinski definition) is 1. The van der Waals surface area contributed by atoms with E-state index in [0.29, 0.717) is 18.4 Å². The van der Waals surface area contributed by atoms with Gasteiger partial charge in [0.15, 0.2) is 5.78 Å². The summed E-state index contributed by atoms with van der Waals surface area (Å²) in [5, 5.41) is 0. The van der Waals surface area contributed by atoms with Crippen LogP contribution >= 0.6 is 15.9 Å². The maximum atomic E-state index is 10.8. The van der Waals surface area contributed by atoms with Crippen LogP contribution in [0.4, 0.5) is 0 Å². The summed E-state index contributed by atoms with van der Waals surface area (Å²) in [6.45, 7) is 3.63. The quantitative estimate of drug-likeness (QED) is 0.531. The minimum absolute atomic E-state index is 0.165. The Hall–Kier alpha value is -0.370. The fraction of sp³-hybridized carbons (Fsp3) is 0.286. The normalized spacial score (nSPS) is 19.9. The molecule has 0 aromatic carbocycles. The minimum atomic E-state index is 0.165. The average Bonchev–Trinajstić information content (AvgIpc) is 1.80. The third kappa shape index (κ3) is 1.52. The van der Waals surface area contributed by atoms with Crippen LogP contribution in [0.25, 0.3) is 0 Å². The molecule has 0 spiro atoms. The minimum Gasteiger partial charge on any atom is -0.294 e. The SMILES string of the molecule is C=C1CC(Br)=CCC1=O. The molecule has 0 aromatic heterocycles. The topological polar surface area (TPSA) is 17.1 Å². The lowest BCUT2D eigenvalue weighted by Crippen LogP contribution is -2.04. The Morgan fingerprint density at radius 1 is 1.67 bits per heavy atom. The molecule has 0 aliphatic heterocycles. The van der Waals surface area contributed by atoms with Crippen molar-refractivity contribution in [3.63, 3.8) is 0 Å². The highest BCUT2D eigenvalue weighted by Gasteiger charge is 2.11. The average molecular weight is 187 g/mol. The van der Waals surface area contributed by atoms with Crippen LogP contribution in [0.2, 0.25) is 0 Å². The van der Waals surface area contributed by atoms with E-state index in [4.69, 9.17) is 0 Å². The fourth-order valence-corrected chi connectivity index (χ4v) is 1.22. The summed E-state index contributed by atoms with van der Waals surface area (Å²) in [7, 11) is 0. The van der Waals surface area contributed by atoms with Crippen LogP contribution < -0.4 is 0 Å². The lowest BCUT2D eigenvalue weighted by molar-refractivity contribution is -0.115. The smallest absolute Gasteiger partial charge is 0.162 e. The summed E-state index contributed by atoms with van der Waals surface area (Å²) in [6.07, 6.45) is 3.09. The third-order valence-corrected chi connectivity index (χ3v) is 1.89. The van der Waals surface area contributed by atoms with E-state index in [1.807, 2.05) is 6.08 Å². The molecule has 0 radical (unpaired) electrons. The van der Waals surface area contributed by atoms with E-state index >= 15 is 0 Å². The second-order valence-corrected chi connectivity index (χ2v) is 3.08. The molecule has 0 fully saturated rings. The molecule has 0 atom stereocenters. The number of carbonyl (C=O) groups excluding carboxylic acids is 1. The molecule has 48 valence electrons. The maximum absolute atomic E-state index is 10.8. The molecule has 0 aromatic rings. The van der Waals surface area contributed by atoms with Gasteiger partial charge in [0, 0.05) is 12.8 Å². The van der Waals surface area contributed by atoms with Gasteiger partial charge >= 0.3 is 0 Å². The molecule has 1 nitrogen and oxygen atoms in total. The first-order chi connectivity index (χ1) is 4.20. The van der Waals surface area contributed by atoms with Gasteiger partial charge in [0.05, 0.1) is 0 Å². The molecule has 9 heavy (non-hydrogen) atoms. The maximum Gasteiger partial charge on any atom is 0.162 e. The zero-order chi connectivity index (χ0) is 6.85. The number of hydrogen-bond donors (Lipinski definition) is 0. The van der Waals surface area contributed by atoms with Crippen molar-refractivity contribution in [1.82, 2.24) is 0 Å². The Morgan fingerprint density at radius 2 is 2.33 bits per heavy atom. The van der Waals surface area contributed by atoms with E-state index in [9.17, 15) is 4.79 Å². The van der Waals surface area contributed by atoms with Crippen molar-refractivity contribution in [2.75, 3.05) is 0 Å². The van der Waals surface area contributed by atoms with Crippen molar-refractivity contribution in [3.05, 3.63) is 22.7 Å². The standard InChI is InChI=1S/C7H7BrO/c1-5-4-6(8)2-3-7(5)9/h2H,1,3-4H2. The second-order valence-electron chi connectivity index (χ2n) is 2.06. The Bertz CT molecular complexity index is 191. The molecule has 0 unspecified atom stereocenters. The van der Waals surface area contributed by atoms with Gasteiger partial charge in [-0.2, -0.15) is 0 Å². The summed E-state index contributed by atoms with van der Waals surface area (Å²) in [4.78, 5) is 10.8. The van der Waals surface area contributed by atoms with Gasteiger partial charge in [-0.25, -0.2) is 0 Å². The molecule has 0 N–H and O–H groups in total. The van der Waals surface area contributed by atoms with Crippen LogP contribution in [0, 0.1) is 0 Å². The molecule has 2 heteroatoms. The fourth-order valence-electron chi connectivity index (χ4n) is 0.722. The Morgan fingerprint density at radius 3 is 2.78 bits per heavy atom. The lowest BCUT2D eigenvalue weighted by atomic mass is 10.0. The van der Waals surface area contributed by atoms with Crippen LogP contribution in [0.15, 0.2) is 22.7 Å². The van der Waals surface area contributed by atoms with Gasteiger partial charge in [-0.3, -0.25) is 4.79 Å². The summed E-state index contributed by atoms with van der Waals surface area (Å²) in [6, 6.07) is 0. The number of halogens is 1. The van der Waals surface area contributed by atoms with E-state index in [1.54, 1.807) is 0 Å². The first kappa shape index (κ1) is 6.75. The lowest BCUT2D eigenvalue weighted by Gasteiger charge is -2.07. The van der Waals surface area contributed by atoms with Crippen molar-refractivity contribution in [2.24, 2.45) is 0 Å². The molecule has 0 heterocycles. The molecule has 0 saturated heterocycles.